The molecule has 2 unspecified atom stereocenters. The second-order valence-corrected chi connectivity index (χ2v) is 7.89. The second-order valence-electron chi connectivity index (χ2n) is 7.89. The smallest absolute Gasteiger partial charge is 0.228 e. The van der Waals surface area contributed by atoms with Gasteiger partial charge in [0.05, 0.1) is 24.1 Å². The van der Waals surface area contributed by atoms with Crippen LogP contribution in [0.2, 0.25) is 0 Å². The Morgan fingerprint density at radius 3 is 3.03 bits per heavy atom. The predicted octanol–water partition coefficient (Wildman–Crippen LogP) is 3.39. The molecule has 8 heteroatoms. The lowest BCUT2D eigenvalue weighted by atomic mass is 9.82. The first-order valence-corrected chi connectivity index (χ1v) is 9.90. The van der Waals surface area contributed by atoms with Gasteiger partial charge in [-0.05, 0) is 31.9 Å². The van der Waals surface area contributed by atoms with E-state index in [2.05, 4.69) is 25.3 Å². The van der Waals surface area contributed by atoms with Crippen LogP contribution in [0.4, 0.5) is 5.95 Å². The van der Waals surface area contributed by atoms with Crippen LogP contribution in [0.25, 0.3) is 27.8 Å². The molecular formula is C21H24N6O2. The van der Waals surface area contributed by atoms with E-state index < -0.39 is 5.60 Å². The molecule has 0 aromatic carbocycles. The van der Waals surface area contributed by atoms with Crippen molar-refractivity contribution in [2.75, 3.05) is 12.4 Å². The Kier molecular flexibility index (Phi) is 4.16. The highest BCUT2D eigenvalue weighted by atomic mass is 16.5. The number of fused-ring (bicyclic) bond motifs is 2. The number of hydrogen-bond acceptors (Lipinski definition) is 6. The minimum atomic E-state index is -0.773. The van der Waals surface area contributed by atoms with E-state index in [1.807, 2.05) is 42.0 Å². The van der Waals surface area contributed by atoms with Crippen LogP contribution < -0.4 is 10.1 Å². The molecule has 5 rings (SSSR count). The maximum absolute atomic E-state index is 10.7. The number of pyridine rings is 1. The molecular weight excluding hydrogens is 368 g/mol. The van der Waals surface area contributed by atoms with E-state index >= 15 is 0 Å². The number of aromatic amines is 1. The summed E-state index contributed by atoms with van der Waals surface area (Å²) >= 11 is 0. The zero-order valence-corrected chi connectivity index (χ0v) is 16.5. The molecule has 1 fully saturated rings. The van der Waals surface area contributed by atoms with Crippen LogP contribution in [0.3, 0.4) is 0 Å². The van der Waals surface area contributed by atoms with Gasteiger partial charge >= 0.3 is 0 Å². The van der Waals surface area contributed by atoms with E-state index in [-0.39, 0.29) is 6.04 Å². The van der Waals surface area contributed by atoms with E-state index in [4.69, 9.17) is 4.74 Å². The summed E-state index contributed by atoms with van der Waals surface area (Å²) in [5, 5.41) is 14.8. The Bertz CT molecular complexity index is 1180. The summed E-state index contributed by atoms with van der Waals surface area (Å²) in [5.41, 5.74) is 2.78. The van der Waals surface area contributed by atoms with Gasteiger partial charge in [-0.2, -0.15) is 9.97 Å². The largest absolute Gasteiger partial charge is 0.480 e. The fourth-order valence-electron chi connectivity index (χ4n) is 4.22. The van der Waals surface area contributed by atoms with Crippen LogP contribution in [-0.4, -0.2) is 48.2 Å². The standard InChI is InChI=1S/C21H24N6O2/c1-21(28)8-4-3-5-15(21)24-20-25-18-17(19(26-20)29-2)14(11-23-18)13-6-7-16-22-9-10-27(16)12-13/h6-7,9-12,15,28H,3-5,8H2,1-2H3,(H2,23,24,25,26). The van der Waals surface area contributed by atoms with Gasteiger partial charge < -0.3 is 24.5 Å². The van der Waals surface area contributed by atoms with Gasteiger partial charge in [0.2, 0.25) is 11.8 Å². The molecule has 0 amide bonds. The summed E-state index contributed by atoms with van der Waals surface area (Å²) in [6.07, 6.45) is 11.4. The third-order valence-electron chi connectivity index (χ3n) is 5.87. The monoisotopic (exact) mass is 392 g/mol. The third-order valence-corrected chi connectivity index (χ3v) is 5.87. The molecule has 1 saturated carbocycles. The van der Waals surface area contributed by atoms with E-state index in [0.29, 0.717) is 17.5 Å². The highest BCUT2D eigenvalue weighted by molar-refractivity contribution is 5.97. The van der Waals surface area contributed by atoms with E-state index in [9.17, 15) is 5.11 Å². The van der Waals surface area contributed by atoms with Gasteiger partial charge in [-0.1, -0.05) is 12.8 Å². The minimum absolute atomic E-state index is 0.0866. The molecule has 0 spiro atoms. The molecule has 1 aliphatic carbocycles. The summed E-state index contributed by atoms with van der Waals surface area (Å²) in [6.45, 7) is 1.87. The number of imidazole rings is 1. The number of nitrogens with zero attached hydrogens (tertiary/aromatic N) is 4. The second kappa shape index (κ2) is 6.73. The number of aliphatic hydroxyl groups is 1. The van der Waals surface area contributed by atoms with Crippen molar-refractivity contribution in [1.29, 1.82) is 0 Å². The van der Waals surface area contributed by atoms with Crippen molar-refractivity contribution in [3.05, 3.63) is 36.9 Å². The van der Waals surface area contributed by atoms with Crippen LogP contribution in [0.5, 0.6) is 5.88 Å². The Balaban J connectivity index is 1.55. The molecule has 0 bridgehead atoms. The molecule has 0 radical (unpaired) electrons. The highest BCUT2D eigenvalue weighted by Gasteiger charge is 2.35. The molecule has 4 aromatic rings. The molecule has 0 aliphatic heterocycles. The normalized spacial score (nSPS) is 22.2. The van der Waals surface area contributed by atoms with Crippen LogP contribution in [0, 0.1) is 0 Å². The van der Waals surface area contributed by atoms with Crippen molar-refractivity contribution < 1.29 is 9.84 Å². The quantitative estimate of drug-likeness (QED) is 0.492. The summed E-state index contributed by atoms with van der Waals surface area (Å²) < 4.78 is 7.58. The van der Waals surface area contributed by atoms with Gasteiger partial charge in [0, 0.05) is 35.9 Å². The summed E-state index contributed by atoms with van der Waals surface area (Å²) in [4.78, 5) is 16.8. The van der Waals surface area contributed by atoms with Crippen molar-refractivity contribution in [1.82, 2.24) is 24.3 Å². The number of ether oxygens (including phenoxy) is 1. The lowest BCUT2D eigenvalue weighted by molar-refractivity contribution is 0.0103. The Morgan fingerprint density at radius 1 is 1.31 bits per heavy atom. The molecule has 0 saturated heterocycles. The van der Waals surface area contributed by atoms with Crippen LogP contribution in [0.1, 0.15) is 32.6 Å². The fraction of sp³-hybridized carbons (Fsp3) is 0.381. The molecule has 4 aromatic heterocycles. The van der Waals surface area contributed by atoms with Crippen molar-refractivity contribution in [2.45, 2.75) is 44.2 Å². The maximum Gasteiger partial charge on any atom is 0.228 e. The number of hydrogen-bond donors (Lipinski definition) is 3. The van der Waals surface area contributed by atoms with Gasteiger partial charge in [0.1, 0.15) is 11.3 Å². The lowest BCUT2D eigenvalue weighted by Gasteiger charge is -2.37. The maximum atomic E-state index is 10.7. The summed E-state index contributed by atoms with van der Waals surface area (Å²) in [7, 11) is 1.61. The highest BCUT2D eigenvalue weighted by Crippen LogP contribution is 2.35. The zero-order chi connectivity index (χ0) is 20.0. The molecule has 150 valence electrons. The summed E-state index contributed by atoms with van der Waals surface area (Å²) in [6, 6.07) is 3.91. The van der Waals surface area contributed by atoms with Crippen molar-refractivity contribution in [3.63, 3.8) is 0 Å². The molecule has 3 N–H and O–H groups in total. The summed E-state index contributed by atoms with van der Waals surface area (Å²) in [5.74, 6) is 0.954. The van der Waals surface area contributed by atoms with Crippen molar-refractivity contribution in [2.24, 2.45) is 0 Å². The molecule has 1 aliphatic rings. The number of rotatable bonds is 4. The van der Waals surface area contributed by atoms with Crippen LogP contribution >= 0.6 is 0 Å². The first kappa shape index (κ1) is 17.9. The van der Waals surface area contributed by atoms with Gasteiger partial charge in [-0.15, -0.1) is 0 Å². The SMILES string of the molecule is COc1nc(NC2CCCCC2(C)O)nc2[nH]cc(-c3ccc4nccn4c3)c12. The topological polar surface area (TPSA) is 100 Å². The Labute approximate surface area is 168 Å². The first-order chi connectivity index (χ1) is 14.0. The Hall–Kier alpha value is -3.13. The van der Waals surface area contributed by atoms with E-state index in [1.54, 1.807) is 13.3 Å². The van der Waals surface area contributed by atoms with Crippen molar-refractivity contribution >= 4 is 22.6 Å². The number of H-pyrrole nitrogens is 1. The molecule has 8 nitrogen and oxygen atoms in total. The fourth-order valence-corrected chi connectivity index (χ4v) is 4.22. The van der Waals surface area contributed by atoms with Crippen molar-refractivity contribution in [3.8, 4) is 17.0 Å². The molecule has 4 heterocycles. The van der Waals surface area contributed by atoms with Crippen LogP contribution in [0.15, 0.2) is 36.9 Å². The predicted molar refractivity (Wildman–Crippen MR) is 111 cm³/mol. The van der Waals surface area contributed by atoms with E-state index in [0.717, 1.165) is 47.8 Å². The molecule has 2 atom stereocenters. The van der Waals surface area contributed by atoms with Gasteiger partial charge in [0.25, 0.3) is 0 Å². The lowest BCUT2D eigenvalue weighted by Crippen LogP contribution is -2.47. The Morgan fingerprint density at radius 2 is 2.21 bits per heavy atom. The zero-order valence-electron chi connectivity index (χ0n) is 16.5. The van der Waals surface area contributed by atoms with Gasteiger partial charge in [-0.3, -0.25) is 0 Å². The third kappa shape index (κ3) is 3.09. The average molecular weight is 392 g/mol. The first-order valence-electron chi connectivity index (χ1n) is 9.90. The van der Waals surface area contributed by atoms with Crippen LogP contribution in [-0.2, 0) is 0 Å². The number of anilines is 1. The number of methoxy groups -OCH3 is 1. The average Bonchev–Trinajstić information content (AvgIpc) is 3.35. The molecule has 29 heavy (non-hydrogen) atoms. The minimum Gasteiger partial charge on any atom is -0.480 e. The number of aromatic nitrogens is 5. The van der Waals surface area contributed by atoms with E-state index in [1.165, 1.54) is 0 Å². The van der Waals surface area contributed by atoms with Gasteiger partial charge in [-0.25, -0.2) is 4.98 Å². The number of nitrogens with one attached hydrogen (secondary N) is 2. The van der Waals surface area contributed by atoms with Gasteiger partial charge in [0.15, 0.2) is 0 Å².